The van der Waals surface area contributed by atoms with E-state index in [0.29, 0.717) is 33.2 Å². The summed E-state index contributed by atoms with van der Waals surface area (Å²) < 4.78 is 0. The molecule has 0 atom stereocenters. The number of rotatable bonds is 8. The first-order valence-corrected chi connectivity index (χ1v) is 27.0. The smallest absolute Gasteiger partial charge is 0.125 e. The summed E-state index contributed by atoms with van der Waals surface area (Å²) in [5.74, 6) is 8.10. The number of benzene rings is 7. The van der Waals surface area contributed by atoms with Crippen molar-refractivity contribution in [2.24, 2.45) is 0 Å². The SMILES string of the molecule is CC(C)[Si](C#Cc1c2ccccc2c(C#C[Si](C(C)C)(C(C)C)C(C)C)c2cc3c(cc12)-c1c-3c(-c2ccccc2)c2ccccc2c1-c1ccccc1)(C(C)C)C(C)C. The number of fused-ring (bicyclic) bond motifs is 7. The zero-order chi connectivity index (χ0) is 42.7. The fourth-order valence-electron chi connectivity index (χ4n) is 11.8. The van der Waals surface area contributed by atoms with Gasteiger partial charge in [0, 0.05) is 11.1 Å². The molecule has 0 aliphatic heterocycles. The van der Waals surface area contributed by atoms with E-state index in [9.17, 15) is 0 Å². The van der Waals surface area contributed by atoms with Crippen LogP contribution in [0.15, 0.2) is 121 Å². The summed E-state index contributed by atoms with van der Waals surface area (Å²) in [6, 6.07) is 45.2. The molecule has 0 spiro atoms. The molecular weight excluding hydrogens is 753 g/mol. The second-order valence-electron chi connectivity index (χ2n) is 19.3. The van der Waals surface area contributed by atoms with Gasteiger partial charge in [0.1, 0.15) is 16.1 Å². The monoisotopic (exact) mass is 814 g/mol. The Bertz CT molecular complexity index is 2640. The normalized spacial score (nSPS) is 12.6. The first-order valence-electron chi connectivity index (χ1n) is 22.5. The lowest BCUT2D eigenvalue weighted by Gasteiger charge is -2.38. The molecule has 0 aromatic heterocycles. The Balaban J connectivity index is 1.56. The second kappa shape index (κ2) is 16.0. The van der Waals surface area contributed by atoms with Gasteiger partial charge in [0.2, 0.25) is 0 Å². The van der Waals surface area contributed by atoms with Gasteiger partial charge in [-0.2, -0.15) is 0 Å². The summed E-state index contributed by atoms with van der Waals surface area (Å²) in [6.45, 7) is 29.0. The maximum Gasteiger partial charge on any atom is 0.146 e. The number of hydrogen-bond donors (Lipinski definition) is 0. The summed E-state index contributed by atoms with van der Waals surface area (Å²) in [6.07, 6.45) is 0. The van der Waals surface area contributed by atoms with Gasteiger partial charge < -0.3 is 0 Å². The van der Waals surface area contributed by atoms with Crippen molar-refractivity contribution in [3.05, 3.63) is 132 Å². The highest BCUT2D eigenvalue weighted by atomic mass is 28.3. The highest BCUT2D eigenvalue weighted by molar-refractivity contribution is 6.91. The molecule has 0 fully saturated rings. The van der Waals surface area contributed by atoms with Crippen LogP contribution >= 0.6 is 0 Å². The van der Waals surface area contributed by atoms with Crippen molar-refractivity contribution in [3.8, 4) is 67.4 Å². The van der Waals surface area contributed by atoms with E-state index in [-0.39, 0.29) is 0 Å². The van der Waals surface area contributed by atoms with E-state index in [1.54, 1.807) is 0 Å². The van der Waals surface area contributed by atoms with Crippen LogP contribution in [-0.2, 0) is 0 Å². The Morgan fingerprint density at radius 1 is 0.317 bits per heavy atom. The van der Waals surface area contributed by atoms with E-state index in [0.717, 1.165) is 11.1 Å². The zero-order valence-corrected chi connectivity index (χ0v) is 40.0. The van der Waals surface area contributed by atoms with Gasteiger partial charge in [-0.1, -0.05) is 204 Å². The molecule has 0 amide bonds. The van der Waals surface area contributed by atoms with Crippen LogP contribution in [0.1, 0.15) is 94.2 Å². The minimum atomic E-state index is -2.06. The van der Waals surface area contributed by atoms with Gasteiger partial charge in [-0.05, 0) is 122 Å². The summed E-state index contributed by atoms with van der Waals surface area (Å²) in [5, 5.41) is 7.48. The van der Waals surface area contributed by atoms with Crippen molar-refractivity contribution >= 4 is 48.5 Å². The molecule has 8 rings (SSSR count). The molecular formula is C58H62Si2. The Labute approximate surface area is 362 Å². The van der Waals surface area contributed by atoms with Gasteiger partial charge in [0.15, 0.2) is 0 Å². The maximum absolute atomic E-state index is 4.18. The van der Waals surface area contributed by atoms with Crippen molar-refractivity contribution in [1.82, 2.24) is 0 Å². The predicted molar refractivity (Wildman–Crippen MR) is 270 cm³/mol. The molecule has 0 nitrogen and oxygen atoms in total. The first-order chi connectivity index (χ1) is 28.7. The van der Waals surface area contributed by atoms with E-state index in [1.165, 1.54) is 76.8 Å². The molecule has 0 radical (unpaired) electrons. The predicted octanol–water partition coefficient (Wildman–Crippen LogP) is 17.3. The zero-order valence-electron chi connectivity index (χ0n) is 38.0. The fraction of sp³-hybridized carbons (Fsp3) is 0.310. The lowest BCUT2D eigenvalue weighted by molar-refractivity contribution is 0.838. The third-order valence-corrected chi connectivity index (χ3v) is 27.2. The molecule has 0 unspecified atom stereocenters. The molecule has 302 valence electrons. The quantitative estimate of drug-likeness (QED) is 0.0814. The molecule has 1 aliphatic carbocycles. The minimum Gasteiger partial charge on any atom is -0.125 e. The summed E-state index contributed by atoms with van der Waals surface area (Å²) in [7, 11) is -4.11. The van der Waals surface area contributed by atoms with Crippen LogP contribution in [0.4, 0.5) is 0 Å². The number of hydrogen-bond acceptors (Lipinski definition) is 0. The van der Waals surface area contributed by atoms with Crippen LogP contribution in [0.5, 0.6) is 0 Å². The highest BCUT2D eigenvalue weighted by Gasteiger charge is 2.43. The van der Waals surface area contributed by atoms with Crippen LogP contribution < -0.4 is 0 Å². The minimum absolute atomic E-state index is 0.542. The van der Waals surface area contributed by atoms with Gasteiger partial charge >= 0.3 is 0 Å². The molecule has 1 aliphatic rings. The molecule has 2 heteroatoms. The first kappa shape index (κ1) is 41.6. The molecule has 7 aromatic carbocycles. The van der Waals surface area contributed by atoms with E-state index in [2.05, 4.69) is 227 Å². The average Bonchev–Trinajstić information content (AvgIpc) is 3.22. The van der Waals surface area contributed by atoms with Crippen molar-refractivity contribution in [2.45, 2.75) is 116 Å². The van der Waals surface area contributed by atoms with E-state index in [1.807, 2.05) is 0 Å². The van der Waals surface area contributed by atoms with Crippen LogP contribution in [0.25, 0.3) is 76.8 Å². The van der Waals surface area contributed by atoms with Gasteiger partial charge in [-0.15, -0.1) is 11.1 Å². The Hall–Kier alpha value is -5.13. The van der Waals surface area contributed by atoms with E-state index < -0.39 is 16.1 Å². The summed E-state index contributed by atoms with van der Waals surface area (Å²) in [4.78, 5) is 0. The van der Waals surface area contributed by atoms with Crippen molar-refractivity contribution in [3.63, 3.8) is 0 Å². The lowest BCUT2D eigenvalue weighted by Crippen LogP contribution is -2.43. The summed E-state index contributed by atoms with van der Waals surface area (Å²) >= 11 is 0. The largest absolute Gasteiger partial charge is 0.146 e. The Morgan fingerprint density at radius 2 is 0.600 bits per heavy atom. The summed E-state index contributed by atoms with van der Waals surface area (Å²) in [5.41, 5.74) is 24.4. The fourth-order valence-corrected chi connectivity index (χ4v) is 22.3. The maximum atomic E-state index is 4.18. The molecule has 7 aromatic rings. The topological polar surface area (TPSA) is 0 Å². The molecule has 0 N–H and O–H groups in total. The molecule has 0 saturated carbocycles. The molecule has 60 heavy (non-hydrogen) atoms. The molecule has 0 heterocycles. The second-order valence-corrected chi connectivity index (χ2v) is 30.5. The van der Waals surface area contributed by atoms with E-state index >= 15 is 0 Å². The lowest BCUT2D eigenvalue weighted by atomic mass is 9.69. The van der Waals surface area contributed by atoms with E-state index in [4.69, 9.17) is 0 Å². The van der Waals surface area contributed by atoms with Gasteiger partial charge in [-0.3, -0.25) is 0 Å². The van der Waals surface area contributed by atoms with Crippen molar-refractivity contribution in [1.29, 1.82) is 0 Å². The molecule has 0 bridgehead atoms. The van der Waals surface area contributed by atoms with Gasteiger partial charge in [0.05, 0.1) is 0 Å². The highest BCUT2D eigenvalue weighted by Crippen LogP contribution is 2.60. The Morgan fingerprint density at radius 3 is 0.900 bits per heavy atom. The van der Waals surface area contributed by atoms with Crippen LogP contribution in [0, 0.1) is 22.9 Å². The standard InChI is InChI=1S/C58H62Si2/c1-37(2)59(38(3)4,39(5)6)33-31-47-45-27-19-20-28-46(45)48(32-34-60(40(7)8,41(9)10)42(11)12)52-36-54-53(35-51(47)52)57-55(43-23-15-13-16-24-43)49-29-21-22-30-50(49)56(58(54)57)44-25-17-14-18-26-44/h13-30,35-42H,1-12H3. The van der Waals surface area contributed by atoms with Crippen molar-refractivity contribution < 1.29 is 0 Å². The van der Waals surface area contributed by atoms with Gasteiger partial charge in [-0.25, -0.2) is 0 Å². The average molecular weight is 815 g/mol. The third-order valence-electron chi connectivity index (χ3n) is 14.6. The third kappa shape index (κ3) is 6.42. The Kier molecular flexibility index (Phi) is 11.1. The van der Waals surface area contributed by atoms with Crippen molar-refractivity contribution in [2.75, 3.05) is 0 Å². The van der Waals surface area contributed by atoms with Gasteiger partial charge in [0.25, 0.3) is 0 Å². The van der Waals surface area contributed by atoms with Crippen LogP contribution in [0.3, 0.4) is 0 Å². The van der Waals surface area contributed by atoms with Crippen LogP contribution in [0.2, 0.25) is 33.2 Å². The van der Waals surface area contributed by atoms with Crippen LogP contribution in [-0.4, -0.2) is 16.1 Å². The molecule has 0 saturated heterocycles.